The number of thiol groups is 1. The predicted octanol–water partition coefficient (Wildman–Crippen LogP) is 2.34. The Morgan fingerprint density at radius 2 is 2.20 bits per heavy atom. The van der Waals surface area contributed by atoms with Crippen molar-refractivity contribution in [3.8, 4) is 0 Å². The molecular weight excluding hydrogens is 210 g/mol. The fourth-order valence-electron chi connectivity index (χ4n) is 0.691. The van der Waals surface area contributed by atoms with Gasteiger partial charge in [0.15, 0.2) is 0 Å². The molecule has 1 aromatic carbocycles. The smallest absolute Gasteiger partial charge is 0.0735 e. The van der Waals surface area contributed by atoms with Crippen molar-refractivity contribution >= 4 is 28.6 Å². The van der Waals surface area contributed by atoms with Crippen LogP contribution in [0, 0.1) is 0 Å². The number of nitrogens with two attached hydrogens (primary N) is 1. The SMILES string of the molecule is NC(S)c1cccc(Br)c1. The summed E-state index contributed by atoms with van der Waals surface area (Å²) in [6.45, 7) is 0. The lowest BCUT2D eigenvalue weighted by Gasteiger charge is -2.03. The average Bonchev–Trinajstić information content (AvgIpc) is 1.88. The summed E-state index contributed by atoms with van der Waals surface area (Å²) in [5, 5.41) is -0.183. The molecule has 0 aliphatic carbocycles. The Bertz CT molecular complexity index is 225. The molecule has 54 valence electrons. The first-order valence-electron chi connectivity index (χ1n) is 2.89. The van der Waals surface area contributed by atoms with E-state index in [0.29, 0.717) is 0 Å². The molecule has 0 aliphatic rings. The zero-order chi connectivity index (χ0) is 7.56. The maximum absolute atomic E-state index is 5.53. The van der Waals surface area contributed by atoms with Gasteiger partial charge in [-0.1, -0.05) is 28.1 Å². The van der Waals surface area contributed by atoms with Crippen LogP contribution in [0.3, 0.4) is 0 Å². The fourth-order valence-corrected chi connectivity index (χ4v) is 1.27. The van der Waals surface area contributed by atoms with Gasteiger partial charge in [0.05, 0.1) is 5.37 Å². The summed E-state index contributed by atoms with van der Waals surface area (Å²) >= 11 is 7.43. The van der Waals surface area contributed by atoms with Gasteiger partial charge in [-0.3, -0.25) is 0 Å². The summed E-state index contributed by atoms with van der Waals surface area (Å²) in [6.07, 6.45) is 0. The molecule has 0 amide bonds. The molecule has 0 saturated heterocycles. The quantitative estimate of drug-likeness (QED) is 0.549. The van der Waals surface area contributed by atoms with Crippen LogP contribution >= 0.6 is 28.6 Å². The van der Waals surface area contributed by atoms with Gasteiger partial charge in [0, 0.05) is 4.47 Å². The Kier molecular flexibility index (Phi) is 2.77. The lowest BCUT2D eigenvalue weighted by Crippen LogP contribution is -2.01. The second-order valence-corrected chi connectivity index (χ2v) is 3.47. The van der Waals surface area contributed by atoms with Crippen molar-refractivity contribution in [2.45, 2.75) is 5.37 Å². The highest BCUT2D eigenvalue weighted by atomic mass is 79.9. The third-order valence-corrected chi connectivity index (χ3v) is 1.98. The van der Waals surface area contributed by atoms with E-state index >= 15 is 0 Å². The van der Waals surface area contributed by atoms with Gasteiger partial charge < -0.3 is 5.73 Å². The van der Waals surface area contributed by atoms with Crippen molar-refractivity contribution in [2.24, 2.45) is 5.73 Å². The molecular formula is C7H8BrNS. The standard InChI is InChI=1S/C7H8BrNS/c8-6-3-1-2-5(4-6)7(9)10/h1-4,7,10H,9H2. The molecule has 0 radical (unpaired) electrons. The normalized spacial score (nSPS) is 13.1. The van der Waals surface area contributed by atoms with Gasteiger partial charge in [-0.2, -0.15) is 12.6 Å². The van der Waals surface area contributed by atoms with Crippen LogP contribution < -0.4 is 5.73 Å². The predicted molar refractivity (Wildman–Crippen MR) is 50.1 cm³/mol. The molecule has 10 heavy (non-hydrogen) atoms. The molecule has 1 aromatic rings. The Morgan fingerprint density at radius 3 is 2.60 bits per heavy atom. The van der Waals surface area contributed by atoms with E-state index in [9.17, 15) is 0 Å². The Labute approximate surface area is 74.2 Å². The van der Waals surface area contributed by atoms with E-state index in [1.165, 1.54) is 0 Å². The molecule has 1 nitrogen and oxygen atoms in total. The first-order valence-corrected chi connectivity index (χ1v) is 4.20. The van der Waals surface area contributed by atoms with E-state index in [2.05, 4.69) is 28.6 Å². The average molecular weight is 218 g/mol. The van der Waals surface area contributed by atoms with Gasteiger partial charge in [-0.25, -0.2) is 0 Å². The monoisotopic (exact) mass is 217 g/mol. The van der Waals surface area contributed by atoms with E-state index in [-0.39, 0.29) is 5.37 Å². The summed E-state index contributed by atoms with van der Waals surface area (Å²) in [5.74, 6) is 0. The highest BCUT2D eigenvalue weighted by Gasteiger charge is 1.97. The summed E-state index contributed by atoms with van der Waals surface area (Å²) < 4.78 is 1.04. The second kappa shape index (κ2) is 3.42. The van der Waals surface area contributed by atoms with E-state index < -0.39 is 0 Å². The zero-order valence-corrected chi connectivity index (χ0v) is 7.77. The number of hydrogen-bond acceptors (Lipinski definition) is 2. The number of rotatable bonds is 1. The molecule has 1 rings (SSSR count). The van der Waals surface area contributed by atoms with Crippen molar-refractivity contribution in [2.75, 3.05) is 0 Å². The first kappa shape index (κ1) is 8.11. The largest absolute Gasteiger partial charge is 0.316 e. The lowest BCUT2D eigenvalue weighted by atomic mass is 10.2. The molecule has 1 unspecified atom stereocenters. The Hall–Kier alpha value is 0.01000. The van der Waals surface area contributed by atoms with Gasteiger partial charge in [0.25, 0.3) is 0 Å². The third kappa shape index (κ3) is 2.01. The Balaban J connectivity index is 2.96. The van der Waals surface area contributed by atoms with Gasteiger partial charge in [0.1, 0.15) is 0 Å². The summed E-state index contributed by atoms with van der Waals surface area (Å²) in [7, 11) is 0. The van der Waals surface area contributed by atoms with E-state index in [1.807, 2.05) is 24.3 Å². The molecule has 0 fully saturated rings. The minimum Gasteiger partial charge on any atom is -0.316 e. The molecule has 0 aromatic heterocycles. The van der Waals surface area contributed by atoms with Crippen molar-refractivity contribution < 1.29 is 0 Å². The van der Waals surface area contributed by atoms with Gasteiger partial charge in [0.2, 0.25) is 0 Å². The van der Waals surface area contributed by atoms with Crippen molar-refractivity contribution in [1.82, 2.24) is 0 Å². The van der Waals surface area contributed by atoms with Crippen LogP contribution in [0.1, 0.15) is 10.9 Å². The van der Waals surface area contributed by atoms with E-state index in [4.69, 9.17) is 5.73 Å². The van der Waals surface area contributed by atoms with Gasteiger partial charge in [-0.15, -0.1) is 0 Å². The lowest BCUT2D eigenvalue weighted by molar-refractivity contribution is 1.04. The van der Waals surface area contributed by atoms with Gasteiger partial charge >= 0.3 is 0 Å². The van der Waals surface area contributed by atoms with Gasteiger partial charge in [-0.05, 0) is 17.7 Å². The Morgan fingerprint density at radius 1 is 1.50 bits per heavy atom. The van der Waals surface area contributed by atoms with Crippen LogP contribution in [0.15, 0.2) is 28.7 Å². The fraction of sp³-hybridized carbons (Fsp3) is 0.143. The first-order chi connectivity index (χ1) is 4.70. The van der Waals surface area contributed by atoms with Crippen molar-refractivity contribution in [3.05, 3.63) is 34.3 Å². The maximum Gasteiger partial charge on any atom is 0.0735 e. The highest BCUT2D eigenvalue weighted by Crippen LogP contribution is 2.18. The molecule has 0 aliphatic heterocycles. The molecule has 1 atom stereocenters. The van der Waals surface area contributed by atoms with Crippen LogP contribution in [-0.2, 0) is 0 Å². The molecule has 2 N–H and O–H groups in total. The minimum absolute atomic E-state index is 0.183. The third-order valence-electron chi connectivity index (χ3n) is 1.19. The van der Waals surface area contributed by atoms with Crippen LogP contribution in [0.25, 0.3) is 0 Å². The molecule has 0 heterocycles. The molecule has 0 saturated carbocycles. The number of hydrogen-bond donors (Lipinski definition) is 2. The minimum atomic E-state index is -0.183. The van der Waals surface area contributed by atoms with Crippen LogP contribution in [-0.4, -0.2) is 0 Å². The van der Waals surface area contributed by atoms with E-state index in [1.54, 1.807) is 0 Å². The maximum atomic E-state index is 5.53. The molecule has 0 bridgehead atoms. The summed E-state index contributed by atoms with van der Waals surface area (Å²) in [4.78, 5) is 0. The molecule has 0 spiro atoms. The van der Waals surface area contributed by atoms with E-state index in [0.717, 1.165) is 10.0 Å². The van der Waals surface area contributed by atoms with Crippen LogP contribution in [0.5, 0.6) is 0 Å². The topological polar surface area (TPSA) is 26.0 Å². The second-order valence-electron chi connectivity index (χ2n) is 2.00. The van der Waals surface area contributed by atoms with Crippen LogP contribution in [0.4, 0.5) is 0 Å². The zero-order valence-electron chi connectivity index (χ0n) is 5.29. The summed E-state index contributed by atoms with van der Waals surface area (Å²) in [5.41, 5.74) is 6.55. The number of benzene rings is 1. The van der Waals surface area contributed by atoms with Crippen molar-refractivity contribution in [1.29, 1.82) is 0 Å². The molecule has 3 heteroatoms. The van der Waals surface area contributed by atoms with Crippen LogP contribution in [0.2, 0.25) is 0 Å². The summed E-state index contributed by atoms with van der Waals surface area (Å²) in [6, 6.07) is 7.80. The van der Waals surface area contributed by atoms with Crippen molar-refractivity contribution in [3.63, 3.8) is 0 Å². The number of halogens is 1. The highest BCUT2D eigenvalue weighted by molar-refractivity contribution is 9.10.